The molecule has 0 fully saturated rings. The lowest BCUT2D eigenvalue weighted by atomic mass is 10.1. The SMILES string of the molecule is CCNC(=NCCc1cc2ccccc2o1)NC(C)Cc1c(C)nn(C)c1C. The molecule has 0 spiro atoms. The molecule has 1 aromatic carbocycles. The first-order chi connectivity index (χ1) is 13.5. The Labute approximate surface area is 167 Å². The van der Waals surface area contributed by atoms with Gasteiger partial charge in [-0.15, -0.1) is 0 Å². The highest BCUT2D eigenvalue weighted by Crippen LogP contribution is 2.19. The second kappa shape index (κ2) is 8.95. The van der Waals surface area contributed by atoms with Crippen LogP contribution in [0.4, 0.5) is 0 Å². The molecule has 6 nitrogen and oxygen atoms in total. The first-order valence-electron chi connectivity index (χ1n) is 9.99. The number of benzene rings is 1. The van der Waals surface area contributed by atoms with E-state index in [1.54, 1.807) is 0 Å². The maximum absolute atomic E-state index is 5.88. The lowest BCUT2D eigenvalue weighted by Gasteiger charge is -2.18. The average molecular weight is 382 g/mol. The van der Waals surface area contributed by atoms with Gasteiger partial charge in [-0.1, -0.05) is 18.2 Å². The average Bonchev–Trinajstić information content (AvgIpc) is 3.17. The number of guanidine groups is 1. The quantitative estimate of drug-likeness (QED) is 0.485. The van der Waals surface area contributed by atoms with Crippen LogP contribution >= 0.6 is 0 Å². The van der Waals surface area contributed by atoms with Crippen LogP contribution in [-0.2, 0) is 19.9 Å². The number of rotatable bonds is 7. The third-order valence-corrected chi connectivity index (χ3v) is 5.00. The largest absolute Gasteiger partial charge is 0.461 e. The molecule has 6 heteroatoms. The normalized spacial score (nSPS) is 13.1. The van der Waals surface area contributed by atoms with Gasteiger partial charge in [-0.25, -0.2) is 0 Å². The van der Waals surface area contributed by atoms with E-state index in [-0.39, 0.29) is 6.04 Å². The molecular weight excluding hydrogens is 350 g/mol. The summed E-state index contributed by atoms with van der Waals surface area (Å²) in [5.74, 6) is 1.81. The van der Waals surface area contributed by atoms with Crippen molar-refractivity contribution in [1.29, 1.82) is 0 Å². The Morgan fingerprint density at radius 2 is 2.07 bits per heavy atom. The maximum atomic E-state index is 5.88. The maximum Gasteiger partial charge on any atom is 0.191 e. The molecule has 0 saturated heterocycles. The van der Waals surface area contributed by atoms with Crippen molar-refractivity contribution < 1.29 is 4.42 Å². The van der Waals surface area contributed by atoms with Crippen molar-refractivity contribution in [3.05, 3.63) is 53.0 Å². The molecule has 1 atom stereocenters. The molecule has 0 radical (unpaired) electrons. The number of aromatic nitrogens is 2. The van der Waals surface area contributed by atoms with Gasteiger partial charge in [0.25, 0.3) is 0 Å². The number of aryl methyl sites for hydroxylation is 2. The van der Waals surface area contributed by atoms with Crippen LogP contribution in [0, 0.1) is 13.8 Å². The third-order valence-electron chi connectivity index (χ3n) is 5.00. The number of fused-ring (bicyclic) bond motifs is 1. The van der Waals surface area contributed by atoms with Gasteiger partial charge in [-0.05, 0) is 51.8 Å². The molecule has 0 aliphatic heterocycles. The van der Waals surface area contributed by atoms with Crippen LogP contribution in [0.15, 0.2) is 39.7 Å². The summed E-state index contributed by atoms with van der Waals surface area (Å²) in [6, 6.07) is 10.4. The summed E-state index contributed by atoms with van der Waals surface area (Å²) >= 11 is 0. The van der Waals surface area contributed by atoms with Crippen molar-refractivity contribution in [2.45, 2.75) is 46.6 Å². The van der Waals surface area contributed by atoms with E-state index in [4.69, 9.17) is 9.41 Å². The molecule has 28 heavy (non-hydrogen) atoms. The van der Waals surface area contributed by atoms with E-state index in [0.29, 0.717) is 6.54 Å². The van der Waals surface area contributed by atoms with Crippen LogP contribution < -0.4 is 10.6 Å². The number of para-hydroxylation sites is 1. The molecule has 150 valence electrons. The molecule has 0 amide bonds. The number of aliphatic imine (C=N–C) groups is 1. The molecule has 3 rings (SSSR count). The summed E-state index contributed by atoms with van der Waals surface area (Å²) in [4.78, 5) is 4.72. The van der Waals surface area contributed by atoms with E-state index in [2.05, 4.69) is 55.6 Å². The van der Waals surface area contributed by atoms with Gasteiger partial charge in [0, 0.05) is 43.7 Å². The number of hydrogen-bond donors (Lipinski definition) is 2. The van der Waals surface area contributed by atoms with E-state index < -0.39 is 0 Å². The topological polar surface area (TPSA) is 67.4 Å². The Hall–Kier alpha value is -2.76. The van der Waals surface area contributed by atoms with Gasteiger partial charge in [0.1, 0.15) is 11.3 Å². The van der Waals surface area contributed by atoms with E-state index >= 15 is 0 Å². The molecule has 0 aliphatic rings. The Morgan fingerprint density at radius 1 is 1.29 bits per heavy atom. The van der Waals surface area contributed by atoms with Gasteiger partial charge in [0.2, 0.25) is 0 Å². The standard InChI is InChI=1S/C22H31N5O/c1-6-23-22(25-15(2)13-20-16(3)26-27(5)17(20)4)24-12-11-19-14-18-9-7-8-10-21(18)28-19/h7-10,14-15H,6,11-13H2,1-5H3,(H2,23,24,25). The fourth-order valence-electron chi connectivity index (χ4n) is 3.46. The molecule has 0 bridgehead atoms. The zero-order valence-corrected chi connectivity index (χ0v) is 17.5. The Kier molecular flexibility index (Phi) is 6.39. The van der Waals surface area contributed by atoms with Crippen molar-refractivity contribution in [2.24, 2.45) is 12.0 Å². The minimum atomic E-state index is 0.255. The smallest absolute Gasteiger partial charge is 0.191 e. The van der Waals surface area contributed by atoms with E-state index in [0.717, 1.165) is 47.8 Å². The van der Waals surface area contributed by atoms with Gasteiger partial charge in [0.15, 0.2) is 5.96 Å². The molecule has 2 N–H and O–H groups in total. The van der Waals surface area contributed by atoms with Gasteiger partial charge >= 0.3 is 0 Å². The van der Waals surface area contributed by atoms with Crippen LogP contribution in [0.2, 0.25) is 0 Å². The van der Waals surface area contributed by atoms with Crippen LogP contribution in [0.3, 0.4) is 0 Å². The zero-order chi connectivity index (χ0) is 20.1. The summed E-state index contributed by atoms with van der Waals surface area (Å²) in [6.45, 7) is 9.95. The minimum absolute atomic E-state index is 0.255. The lowest BCUT2D eigenvalue weighted by molar-refractivity contribution is 0.549. The molecule has 3 aromatic rings. The van der Waals surface area contributed by atoms with Crippen LogP contribution in [-0.4, -0.2) is 34.9 Å². The van der Waals surface area contributed by atoms with E-state index in [1.165, 1.54) is 11.3 Å². The summed E-state index contributed by atoms with van der Waals surface area (Å²) in [5.41, 5.74) is 4.56. The highest BCUT2D eigenvalue weighted by Gasteiger charge is 2.14. The summed E-state index contributed by atoms with van der Waals surface area (Å²) in [5, 5.41) is 12.5. The monoisotopic (exact) mass is 381 g/mol. The Morgan fingerprint density at radius 3 is 2.75 bits per heavy atom. The predicted molar refractivity (Wildman–Crippen MR) is 115 cm³/mol. The highest BCUT2D eigenvalue weighted by atomic mass is 16.3. The molecule has 0 aliphatic carbocycles. The second-order valence-corrected chi connectivity index (χ2v) is 7.28. The molecule has 1 unspecified atom stereocenters. The molecular formula is C22H31N5O. The number of nitrogens with zero attached hydrogens (tertiary/aromatic N) is 3. The van der Waals surface area contributed by atoms with Crippen LogP contribution in [0.5, 0.6) is 0 Å². The second-order valence-electron chi connectivity index (χ2n) is 7.28. The lowest BCUT2D eigenvalue weighted by Crippen LogP contribution is -2.43. The first-order valence-corrected chi connectivity index (χ1v) is 9.99. The van der Waals surface area contributed by atoms with Gasteiger partial charge in [-0.2, -0.15) is 5.10 Å². The number of hydrogen-bond acceptors (Lipinski definition) is 3. The van der Waals surface area contributed by atoms with E-state index in [9.17, 15) is 0 Å². The van der Waals surface area contributed by atoms with Gasteiger partial charge < -0.3 is 15.1 Å². The van der Waals surface area contributed by atoms with Crippen molar-refractivity contribution in [2.75, 3.05) is 13.1 Å². The van der Waals surface area contributed by atoms with Crippen molar-refractivity contribution in [1.82, 2.24) is 20.4 Å². The fourth-order valence-corrected chi connectivity index (χ4v) is 3.46. The first kappa shape index (κ1) is 20.0. The number of furan rings is 1. The highest BCUT2D eigenvalue weighted by molar-refractivity contribution is 5.80. The van der Waals surface area contributed by atoms with E-state index in [1.807, 2.05) is 29.9 Å². The Balaban J connectivity index is 1.60. The summed E-state index contributed by atoms with van der Waals surface area (Å²) < 4.78 is 7.83. The van der Waals surface area contributed by atoms with Gasteiger partial charge in [-0.3, -0.25) is 9.67 Å². The molecule has 0 saturated carbocycles. The molecule has 2 heterocycles. The molecule has 2 aromatic heterocycles. The van der Waals surface area contributed by atoms with Crippen molar-refractivity contribution in [3.8, 4) is 0 Å². The minimum Gasteiger partial charge on any atom is -0.461 e. The third kappa shape index (κ3) is 4.74. The fraction of sp³-hybridized carbons (Fsp3) is 0.455. The zero-order valence-electron chi connectivity index (χ0n) is 17.5. The predicted octanol–water partition coefficient (Wildman–Crippen LogP) is 3.51. The van der Waals surface area contributed by atoms with Crippen LogP contribution in [0.1, 0.15) is 36.6 Å². The summed E-state index contributed by atoms with van der Waals surface area (Å²) in [6.07, 6.45) is 1.69. The Bertz CT molecular complexity index is 920. The number of nitrogens with one attached hydrogen (secondary N) is 2. The van der Waals surface area contributed by atoms with Gasteiger partial charge in [0.05, 0.1) is 5.69 Å². The van der Waals surface area contributed by atoms with Crippen molar-refractivity contribution in [3.63, 3.8) is 0 Å². The van der Waals surface area contributed by atoms with Crippen molar-refractivity contribution >= 4 is 16.9 Å². The summed E-state index contributed by atoms with van der Waals surface area (Å²) in [7, 11) is 1.99. The van der Waals surface area contributed by atoms with Crippen LogP contribution in [0.25, 0.3) is 11.0 Å².